The molecule has 0 bridgehead atoms. The minimum absolute atomic E-state index is 0. The highest BCUT2D eigenvalue weighted by Gasteiger charge is 2.35. The van der Waals surface area contributed by atoms with Crippen molar-refractivity contribution in [1.82, 2.24) is 30.4 Å². The minimum Gasteiger partial charge on any atom is -0.343 e. The number of carbonyl (C=O) groups excluding carboxylic acids is 4. The molecule has 3 N–H and O–H groups in total. The molecule has 4 rings (SSSR count). The summed E-state index contributed by atoms with van der Waals surface area (Å²) in [6.07, 6.45) is 2.46. The molecule has 1 saturated heterocycles. The maximum Gasteiger partial charge on any atom is 0.314 e. The van der Waals surface area contributed by atoms with Gasteiger partial charge >= 0.3 is 11.8 Å². The van der Waals surface area contributed by atoms with E-state index in [0.717, 1.165) is 42.1 Å². The molecule has 2 aliphatic rings. The number of hydrogen-bond donors (Lipinski definition) is 3. The van der Waals surface area contributed by atoms with E-state index in [1.54, 1.807) is 4.90 Å². The lowest BCUT2D eigenvalue weighted by Crippen LogP contribution is -2.62. The normalized spacial score (nSPS) is 18.9. The summed E-state index contributed by atoms with van der Waals surface area (Å²) < 4.78 is 4.93. The first-order chi connectivity index (χ1) is 18.2. The van der Waals surface area contributed by atoms with Crippen LogP contribution in [0.15, 0.2) is 18.3 Å². The SMILES string of the molecule is COSCC(=O)N1CC[C@H](NC(=O)C(=O)Nc2ccc(Cl)cn2)[C@H](NC(=O)c2nc3c(s2)CN(C)CC3)C1.Cl. The van der Waals surface area contributed by atoms with Crippen LogP contribution < -0.4 is 16.0 Å². The molecule has 39 heavy (non-hydrogen) atoms. The Morgan fingerprint density at radius 3 is 2.69 bits per heavy atom. The Bertz CT molecular complexity index is 1200. The van der Waals surface area contributed by atoms with Crippen molar-refractivity contribution < 1.29 is 23.4 Å². The van der Waals surface area contributed by atoms with Gasteiger partial charge in [0.2, 0.25) is 5.91 Å². The summed E-state index contributed by atoms with van der Waals surface area (Å²) in [5.74, 6) is -2.02. The van der Waals surface area contributed by atoms with Gasteiger partial charge in [0.1, 0.15) is 5.82 Å². The zero-order valence-corrected chi connectivity index (χ0v) is 24.5. The number of piperidine rings is 1. The summed E-state index contributed by atoms with van der Waals surface area (Å²) in [4.78, 5) is 64.3. The van der Waals surface area contributed by atoms with E-state index in [0.29, 0.717) is 23.0 Å². The molecule has 0 aliphatic carbocycles. The van der Waals surface area contributed by atoms with Gasteiger partial charge in [-0.05, 0) is 25.6 Å². The van der Waals surface area contributed by atoms with E-state index in [-0.39, 0.29) is 42.3 Å². The van der Waals surface area contributed by atoms with Gasteiger partial charge in [0, 0.05) is 55.7 Å². The van der Waals surface area contributed by atoms with Crippen LogP contribution in [0.1, 0.15) is 26.8 Å². The average Bonchev–Trinajstić information content (AvgIpc) is 3.33. The molecule has 4 heterocycles. The molecule has 0 saturated carbocycles. The van der Waals surface area contributed by atoms with Crippen molar-refractivity contribution in [2.45, 2.75) is 31.5 Å². The second-order valence-electron chi connectivity index (χ2n) is 8.91. The number of aromatic nitrogens is 2. The third-order valence-corrected chi connectivity index (χ3v) is 8.10. The molecule has 0 radical (unpaired) electrons. The highest BCUT2D eigenvalue weighted by molar-refractivity contribution is 7.95. The van der Waals surface area contributed by atoms with Crippen LogP contribution in [0.25, 0.3) is 0 Å². The van der Waals surface area contributed by atoms with Crippen LogP contribution in [0.5, 0.6) is 0 Å². The molecule has 2 atom stereocenters. The number of nitrogens with one attached hydrogen (secondary N) is 3. The zero-order valence-electron chi connectivity index (χ0n) is 21.3. The number of fused-ring (bicyclic) bond motifs is 1. The Morgan fingerprint density at radius 2 is 1.97 bits per heavy atom. The van der Waals surface area contributed by atoms with E-state index in [1.165, 1.54) is 36.8 Å². The third-order valence-electron chi connectivity index (χ3n) is 6.19. The topological polar surface area (TPSA) is 146 Å². The average molecular weight is 619 g/mol. The van der Waals surface area contributed by atoms with Gasteiger partial charge in [0.05, 0.1) is 35.7 Å². The fraction of sp³-hybridized carbons (Fsp3) is 0.478. The number of pyridine rings is 1. The number of likely N-dealkylation sites (tertiary alicyclic amines) is 1. The van der Waals surface area contributed by atoms with Crippen LogP contribution in [-0.4, -0.2) is 95.0 Å². The first kappa shape index (κ1) is 31.0. The second kappa shape index (κ2) is 14.2. The van der Waals surface area contributed by atoms with Gasteiger partial charge < -0.3 is 29.9 Å². The molecule has 0 aromatic carbocycles. The molecular formula is C23H29Cl2N7O5S2. The van der Waals surface area contributed by atoms with Gasteiger partial charge in [0.15, 0.2) is 5.01 Å². The summed E-state index contributed by atoms with van der Waals surface area (Å²) in [7, 11) is 3.50. The summed E-state index contributed by atoms with van der Waals surface area (Å²) in [6, 6.07) is 1.79. The van der Waals surface area contributed by atoms with Crippen molar-refractivity contribution in [2.75, 3.05) is 44.9 Å². The van der Waals surface area contributed by atoms with Gasteiger partial charge in [-0.2, -0.15) is 0 Å². The van der Waals surface area contributed by atoms with Crippen molar-refractivity contribution in [2.24, 2.45) is 0 Å². The first-order valence-corrected chi connectivity index (χ1v) is 14.0. The van der Waals surface area contributed by atoms with Crippen LogP contribution >= 0.6 is 47.4 Å². The van der Waals surface area contributed by atoms with Crippen LogP contribution in [0, 0.1) is 0 Å². The number of nitrogens with zero attached hydrogens (tertiary/aromatic N) is 4. The van der Waals surface area contributed by atoms with Crippen molar-refractivity contribution in [3.05, 3.63) is 38.9 Å². The fourth-order valence-corrected chi connectivity index (χ4v) is 5.81. The quantitative estimate of drug-likeness (QED) is 0.309. The maximum absolute atomic E-state index is 13.2. The standard InChI is InChI=1S/C23H28ClN7O5S2.ClH/c1-30-7-5-15-17(11-30)38-23(28-15)22(35)27-16-10-31(19(32)12-37-36-2)8-6-14(16)26-20(33)21(34)29-18-4-3-13(24)9-25-18;/h3-4,9,14,16H,5-8,10-12H2,1-2H3,(H,26,33)(H,27,35)(H,25,29,34);1H/t14-,16+;/m0./s1. The Hall–Kier alpha value is -2.49. The lowest BCUT2D eigenvalue weighted by Gasteiger charge is -2.39. The van der Waals surface area contributed by atoms with Crippen LogP contribution in [-0.2, 0) is 31.5 Å². The van der Waals surface area contributed by atoms with Crippen molar-refractivity contribution in [3.8, 4) is 0 Å². The largest absolute Gasteiger partial charge is 0.343 e. The minimum atomic E-state index is -0.906. The molecule has 4 amide bonds. The lowest BCUT2D eigenvalue weighted by molar-refractivity contribution is -0.137. The van der Waals surface area contributed by atoms with Gasteiger partial charge in [-0.3, -0.25) is 19.2 Å². The first-order valence-electron chi connectivity index (χ1n) is 11.9. The highest BCUT2D eigenvalue weighted by atomic mass is 35.5. The smallest absolute Gasteiger partial charge is 0.314 e. The summed E-state index contributed by atoms with van der Waals surface area (Å²) >= 11 is 8.18. The molecule has 2 aromatic heterocycles. The van der Waals surface area contributed by atoms with Gasteiger partial charge in [-0.15, -0.1) is 23.7 Å². The van der Waals surface area contributed by atoms with E-state index in [4.69, 9.17) is 15.8 Å². The predicted molar refractivity (Wildman–Crippen MR) is 151 cm³/mol. The zero-order chi connectivity index (χ0) is 27.2. The number of likely N-dealkylation sites (N-methyl/N-ethyl adjacent to an activating group) is 1. The Morgan fingerprint density at radius 1 is 1.18 bits per heavy atom. The van der Waals surface area contributed by atoms with Crippen molar-refractivity contribution in [3.63, 3.8) is 0 Å². The van der Waals surface area contributed by atoms with E-state index in [1.807, 2.05) is 7.05 Å². The Balaban J connectivity index is 0.00000420. The molecular weight excluding hydrogens is 589 g/mol. The number of halogens is 2. The van der Waals surface area contributed by atoms with E-state index < -0.39 is 23.9 Å². The molecule has 1 fully saturated rings. The highest BCUT2D eigenvalue weighted by Crippen LogP contribution is 2.25. The van der Waals surface area contributed by atoms with E-state index in [9.17, 15) is 19.2 Å². The predicted octanol–water partition coefficient (Wildman–Crippen LogP) is 1.35. The number of amides is 4. The van der Waals surface area contributed by atoms with Gasteiger partial charge in [0.25, 0.3) is 5.91 Å². The van der Waals surface area contributed by atoms with Crippen LogP contribution in [0.3, 0.4) is 0 Å². The molecule has 12 nitrogen and oxygen atoms in total. The number of carbonyl (C=O) groups is 4. The lowest BCUT2D eigenvalue weighted by atomic mass is 9.98. The number of thiazole rings is 1. The molecule has 0 spiro atoms. The van der Waals surface area contributed by atoms with E-state index >= 15 is 0 Å². The van der Waals surface area contributed by atoms with Crippen molar-refractivity contribution >= 4 is 76.8 Å². The molecule has 2 aliphatic heterocycles. The molecule has 0 unspecified atom stereocenters. The van der Waals surface area contributed by atoms with Gasteiger partial charge in [-0.1, -0.05) is 11.6 Å². The second-order valence-corrected chi connectivity index (χ2v) is 11.3. The summed E-state index contributed by atoms with van der Waals surface area (Å²) in [5.41, 5.74) is 0.924. The summed E-state index contributed by atoms with van der Waals surface area (Å²) in [6.45, 7) is 2.12. The van der Waals surface area contributed by atoms with Crippen LogP contribution in [0.4, 0.5) is 5.82 Å². The van der Waals surface area contributed by atoms with Gasteiger partial charge in [-0.25, -0.2) is 9.97 Å². The Labute approximate surface area is 245 Å². The van der Waals surface area contributed by atoms with Crippen molar-refractivity contribution in [1.29, 1.82) is 0 Å². The Kier molecular flexibility index (Phi) is 11.3. The number of rotatable bonds is 7. The fourth-order valence-electron chi connectivity index (χ4n) is 4.21. The maximum atomic E-state index is 13.2. The molecule has 16 heteroatoms. The molecule has 212 valence electrons. The molecule has 2 aromatic rings. The monoisotopic (exact) mass is 617 g/mol. The number of hydrogen-bond acceptors (Lipinski definition) is 10. The van der Waals surface area contributed by atoms with E-state index in [2.05, 4.69) is 30.8 Å². The van der Waals surface area contributed by atoms with Crippen LogP contribution in [0.2, 0.25) is 5.02 Å². The number of anilines is 1. The third kappa shape index (κ3) is 8.25. The summed E-state index contributed by atoms with van der Waals surface area (Å²) in [5, 5.41) is 8.79.